The highest BCUT2D eigenvalue weighted by molar-refractivity contribution is 7.94. The molecule has 6 nitrogen and oxygen atoms in total. The van der Waals surface area contributed by atoms with E-state index in [1.807, 2.05) is 56.2 Å². The number of pyridine rings is 1. The average molecular weight is 493 g/mol. The van der Waals surface area contributed by atoms with E-state index in [4.69, 9.17) is 9.98 Å². The van der Waals surface area contributed by atoms with Gasteiger partial charge in [0.1, 0.15) is 0 Å². The van der Waals surface area contributed by atoms with Crippen molar-refractivity contribution < 1.29 is 3.89 Å². The molecule has 2 aromatic heterocycles. The van der Waals surface area contributed by atoms with Gasteiger partial charge in [0.15, 0.2) is 0 Å². The van der Waals surface area contributed by atoms with E-state index in [9.17, 15) is 3.89 Å². The minimum Gasteiger partial charge on any atom is -0.345 e. The molecule has 184 valence electrons. The number of halogens is 1. The van der Waals surface area contributed by atoms with Crippen LogP contribution in [0.2, 0.25) is 0 Å². The number of guanidine groups is 1. The number of aliphatic imine (C=N–C) groups is 1. The van der Waals surface area contributed by atoms with Gasteiger partial charge in [0.05, 0.1) is 29.7 Å². The zero-order valence-electron chi connectivity index (χ0n) is 20.9. The van der Waals surface area contributed by atoms with Crippen molar-refractivity contribution >= 4 is 29.5 Å². The summed E-state index contributed by atoms with van der Waals surface area (Å²) < 4.78 is 14.8. The molecule has 3 aromatic rings. The van der Waals surface area contributed by atoms with Gasteiger partial charge in [-0.3, -0.25) is 9.67 Å². The summed E-state index contributed by atoms with van der Waals surface area (Å²) in [7, 11) is 4.01. The Morgan fingerprint density at radius 3 is 2.69 bits per heavy atom. The lowest BCUT2D eigenvalue weighted by molar-refractivity contribution is 0.474. The predicted octanol–water partition coefficient (Wildman–Crippen LogP) is 6.50. The number of benzene rings is 1. The molecule has 1 saturated carbocycles. The summed E-state index contributed by atoms with van der Waals surface area (Å²) in [5.74, 6) is 1.41. The number of aromatic nitrogens is 3. The lowest BCUT2D eigenvalue weighted by Gasteiger charge is -2.23. The summed E-state index contributed by atoms with van der Waals surface area (Å²) in [4.78, 5) is 12.4. The maximum Gasteiger partial charge on any atom is 0.203 e. The highest BCUT2D eigenvalue weighted by Crippen LogP contribution is 2.30. The molecule has 0 spiro atoms. The van der Waals surface area contributed by atoms with Gasteiger partial charge in [-0.05, 0) is 68.5 Å². The van der Waals surface area contributed by atoms with E-state index >= 15 is 0 Å². The molecule has 8 heteroatoms. The van der Waals surface area contributed by atoms with Crippen LogP contribution in [0.5, 0.6) is 0 Å². The Kier molecular flexibility index (Phi) is 7.90. The molecule has 0 amide bonds. The number of rotatable bonds is 9. The second-order valence-corrected chi connectivity index (χ2v) is 9.82. The fraction of sp³-hybridized carbons (Fsp3) is 0.370. The van der Waals surface area contributed by atoms with Crippen LogP contribution in [-0.2, 0) is 13.5 Å². The van der Waals surface area contributed by atoms with Crippen LogP contribution >= 0.6 is 12.1 Å². The zero-order valence-corrected chi connectivity index (χ0v) is 21.7. The second kappa shape index (κ2) is 11.1. The van der Waals surface area contributed by atoms with Gasteiger partial charge in [0.2, 0.25) is 5.96 Å². The topological polar surface area (TPSA) is 58.3 Å². The van der Waals surface area contributed by atoms with E-state index in [0.717, 1.165) is 47.6 Å². The fourth-order valence-corrected chi connectivity index (χ4v) is 4.32. The van der Waals surface area contributed by atoms with Crippen LogP contribution in [0.4, 0.5) is 9.57 Å². The zero-order chi connectivity index (χ0) is 24.9. The smallest absolute Gasteiger partial charge is 0.203 e. The van der Waals surface area contributed by atoms with E-state index in [1.165, 1.54) is 18.5 Å². The van der Waals surface area contributed by atoms with Crippen LogP contribution in [0.25, 0.3) is 17.0 Å². The molecule has 35 heavy (non-hydrogen) atoms. The first-order valence-corrected chi connectivity index (χ1v) is 12.7. The first-order chi connectivity index (χ1) is 16.9. The van der Waals surface area contributed by atoms with Crippen molar-refractivity contribution in [2.45, 2.75) is 44.4 Å². The third-order valence-electron chi connectivity index (χ3n) is 6.14. The molecule has 0 aliphatic heterocycles. The normalized spacial score (nSPS) is 13.7. The molecule has 4 rings (SSSR count). The average Bonchev–Trinajstić information content (AvgIpc) is 3.59. The van der Waals surface area contributed by atoms with Crippen molar-refractivity contribution in [3.05, 3.63) is 66.1 Å². The summed E-state index contributed by atoms with van der Waals surface area (Å²) in [6, 6.07) is 11.3. The SMILES string of the molecule is C=C(N=C(Nc1ccc(SF)cc1)N(C)CC1CC1)c1cc(C)nc(-c2cnn(C)c2CCC)c1. The summed E-state index contributed by atoms with van der Waals surface area (Å²) >= 11 is 0.239. The molecule has 1 fully saturated rings. The summed E-state index contributed by atoms with van der Waals surface area (Å²) in [5.41, 5.74) is 6.43. The van der Waals surface area contributed by atoms with Crippen molar-refractivity contribution in [2.75, 3.05) is 18.9 Å². The van der Waals surface area contributed by atoms with Crippen molar-refractivity contribution in [1.82, 2.24) is 19.7 Å². The monoisotopic (exact) mass is 492 g/mol. The highest BCUT2D eigenvalue weighted by atomic mass is 32.2. The van der Waals surface area contributed by atoms with Gasteiger partial charge in [0.25, 0.3) is 0 Å². The van der Waals surface area contributed by atoms with Crippen LogP contribution in [-0.4, -0.2) is 39.2 Å². The lowest BCUT2D eigenvalue weighted by Crippen LogP contribution is -2.34. The minimum absolute atomic E-state index is 0.239. The predicted molar refractivity (Wildman–Crippen MR) is 144 cm³/mol. The third-order valence-corrected chi connectivity index (χ3v) is 6.59. The number of hydrogen-bond donors (Lipinski definition) is 1. The van der Waals surface area contributed by atoms with E-state index in [-0.39, 0.29) is 12.1 Å². The quantitative estimate of drug-likeness (QED) is 0.273. The molecular weight excluding hydrogens is 459 g/mol. The Morgan fingerprint density at radius 1 is 1.29 bits per heavy atom. The molecule has 2 heterocycles. The van der Waals surface area contributed by atoms with Gasteiger partial charge >= 0.3 is 0 Å². The van der Waals surface area contributed by atoms with Gasteiger partial charge in [0, 0.05) is 53.7 Å². The summed E-state index contributed by atoms with van der Waals surface area (Å²) in [5, 5.41) is 7.87. The number of aryl methyl sites for hydroxylation is 2. The highest BCUT2D eigenvalue weighted by Gasteiger charge is 2.24. The molecule has 1 N–H and O–H groups in total. The standard InChI is InChI=1S/C27H33FN6S/c1-6-7-26-24(16-29-34(26)5)25-15-21(14-18(2)30-25)19(3)31-27(33(4)17-20-8-9-20)32-22-10-12-23(35-28)13-11-22/h10-16,20H,3,6-9,17H2,1-2,4-5H3,(H,31,32). The first kappa shape index (κ1) is 25.0. The largest absolute Gasteiger partial charge is 0.345 e. The van der Waals surface area contributed by atoms with E-state index in [0.29, 0.717) is 22.5 Å². The summed E-state index contributed by atoms with van der Waals surface area (Å²) in [6.45, 7) is 9.37. The molecule has 1 aromatic carbocycles. The first-order valence-electron chi connectivity index (χ1n) is 12.0. The molecule has 0 atom stereocenters. The molecule has 1 aliphatic carbocycles. The van der Waals surface area contributed by atoms with E-state index in [1.54, 1.807) is 12.1 Å². The Labute approximate surface area is 211 Å². The van der Waals surface area contributed by atoms with Gasteiger partial charge in [-0.25, -0.2) is 4.99 Å². The van der Waals surface area contributed by atoms with Crippen LogP contribution in [0.3, 0.4) is 0 Å². The molecular formula is C27H33FN6S. The van der Waals surface area contributed by atoms with Crippen molar-refractivity contribution in [2.24, 2.45) is 18.0 Å². The van der Waals surface area contributed by atoms with Crippen molar-refractivity contribution in [3.63, 3.8) is 0 Å². The molecule has 0 bridgehead atoms. The van der Waals surface area contributed by atoms with E-state index < -0.39 is 0 Å². The number of nitrogens with zero attached hydrogens (tertiary/aromatic N) is 5. The number of anilines is 1. The molecule has 0 radical (unpaired) electrons. The maximum atomic E-state index is 12.9. The Bertz CT molecular complexity index is 1210. The fourth-order valence-electron chi connectivity index (χ4n) is 4.08. The number of nitrogens with one attached hydrogen (secondary N) is 1. The lowest BCUT2D eigenvalue weighted by atomic mass is 10.1. The minimum atomic E-state index is 0.239. The second-order valence-electron chi connectivity index (χ2n) is 9.19. The van der Waals surface area contributed by atoms with Crippen LogP contribution in [0.15, 0.2) is 59.1 Å². The van der Waals surface area contributed by atoms with Gasteiger partial charge in [-0.1, -0.05) is 19.9 Å². The molecule has 0 saturated heterocycles. The Hall–Kier alpha value is -3.13. The van der Waals surface area contributed by atoms with Crippen LogP contribution < -0.4 is 5.32 Å². The van der Waals surface area contributed by atoms with Gasteiger partial charge in [-0.15, -0.1) is 0 Å². The van der Waals surface area contributed by atoms with E-state index in [2.05, 4.69) is 28.8 Å². The summed E-state index contributed by atoms with van der Waals surface area (Å²) in [6.07, 6.45) is 6.36. The van der Waals surface area contributed by atoms with Crippen LogP contribution in [0.1, 0.15) is 43.1 Å². The molecule has 1 aliphatic rings. The molecule has 0 unspecified atom stereocenters. The Balaban J connectivity index is 1.64. The number of hydrogen-bond acceptors (Lipinski definition) is 4. The maximum absolute atomic E-state index is 12.9. The Morgan fingerprint density at radius 2 is 2.03 bits per heavy atom. The van der Waals surface area contributed by atoms with Crippen molar-refractivity contribution in [3.8, 4) is 11.3 Å². The van der Waals surface area contributed by atoms with Gasteiger partial charge < -0.3 is 10.2 Å². The third kappa shape index (κ3) is 6.31. The van der Waals surface area contributed by atoms with Crippen molar-refractivity contribution in [1.29, 1.82) is 0 Å². The van der Waals surface area contributed by atoms with Gasteiger partial charge in [-0.2, -0.15) is 8.98 Å². The van der Waals surface area contributed by atoms with Crippen LogP contribution in [0, 0.1) is 12.8 Å².